The number of likely N-dealkylation sites (tertiary alicyclic amines) is 1. The maximum atomic E-state index is 11.8. The number of hydrogen-bond acceptors (Lipinski definition) is 5. The van der Waals surface area contributed by atoms with Crippen LogP contribution in [0.25, 0.3) is 0 Å². The molecule has 20 heavy (non-hydrogen) atoms. The summed E-state index contributed by atoms with van der Waals surface area (Å²) >= 11 is 7.80. The summed E-state index contributed by atoms with van der Waals surface area (Å²) < 4.78 is 0. The lowest BCUT2D eigenvalue weighted by atomic mass is 10.1. The first kappa shape index (κ1) is 15.5. The van der Waals surface area contributed by atoms with Crippen LogP contribution in [0.3, 0.4) is 0 Å². The lowest BCUT2D eigenvalue weighted by Gasteiger charge is -2.14. The Morgan fingerprint density at radius 1 is 1.60 bits per heavy atom. The van der Waals surface area contributed by atoms with Crippen LogP contribution in [0.1, 0.15) is 18.2 Å². The van der Waals surface area contributed by atoms with Gasteiger partial charge >= 0.3 is 0 Å². The molecule has 0 aromatic carbocycles. The molecule has 0 aliphatic carbocycles. The highest BCUT2D eigenvalue weighted by molar-refractivity contribution is 7.16. The van der Waals surface area contributed by atoms with Crippen LogP contribution in [0.4, 0.5) is 5.13 Å². The maximum absolute atomic E-state index is 11.8. The van der Waals surface area contributed by atoms with Crippen LogP contribution in [-0.4, -0.2) is 49.5 Å². The van der Waals surface area contributed by atoms with Crippen molar-refractivity contribution >= 4 is 34.0 Å². The average molecular weight is 317 g/mol. The van der Waals surface area contributed by atoms with Crippen molar-refractivity contribution in [2.24, 2.45) is 5.92 Å². The van der Waals surface area contributed by atoms with Gasteiger partial charge in [-0.1, -0.05) is 22.9 Å². The van der Waals surface area contributed by atoms with Crippen molar-refractivity contribution in [1.29, 1.82) is 0 Å². The molecule has 1 fully saturated rings. The summed E-state index contributed by atoms with van der Waals surface area (Å²) in [5.74, 6) is 0.273. The second-order valence-corrected chi connectivity index (χ2v) is 6.64. The predicted octanol–water partition coefficient (Wildman–Crippen LogP) is 1.82. The number of nitrogens with zero attached hydrogens (tertiary/aromatic N) is 3. The Bertz CT molecular complexity index is 477. The molecule has 1 amide bonds. The molecule has 7 heteroatoms. The second-order valence-electron chi connectivity index (χ2n) is 5.22. The first-order chi connectivity index (χ1) is 9.51. The van der Waals surface area contributed by atoms with Crippen molar-refractivity contribution in [3.8, 4) is 0 Å². The molecule has 1 unspecified atom stereocenters. The molecular weight excluding hydrogens is 296 g/mol. The highest BCUT2D eigenvalue weighted by Gasteiger charge is 2.28. The van der Waals surface area contributed by atoms with E-state index in [9.17, 15) is 4.79 Å². The van der Waals surface area contributed by atoms with Crippen LogP contribution < -0.4 is 10.2 Å². The zero-order valence-electron chi connectivity index (χ0n) is 12.1. The van der Waals surface area contributed by atoms with Crippen molar-refractivity contribution in [2.45, 2.75) is 19.9 Å². The van der Waals surface area contributed by atoms with Gasteiger partial charge < -0.3 is 10.2 Å². The predicted molar refractivity (Wildman–Crippen MR) is 83.5 cm³/mol. The fraction of sp³-hybridized carbons (Fsp3) is 0.692. The number of halogens is 1. The van der Waals surface area contributed by atoms with E-state index in [4.69, 9.17) is 11.6 Å². The van der Waals surface area contributed by atoms with E-state index < -0.39 is 0 Å². The van der Waals surface area contributed by atoms with Gasteiger partial charge in [0.05, 0.1) is 10.8 Å². The molecule has 0 bridgehead atoms. The van der Waals surface area contributed by atoms with E-state index in [-0.39, 0.29) is 11.8 Å². The third kappa shape index (κ3) is 3.62. The minimum absolute atomic E-state index is 0.106. The van der Waals surface area contributed by atoms with Crippen molar-refractivity contribution in [2.75, 3.05) is 38.6 Å². The number of thiazole rings is 1. The quantitative estimate of drug-likeness (QED) is 0.900. The van der Waals surface area contributed by atoms with Gasteiger partial charge in [0.15, 0.2) is 5.13 Å². The first-order valence-electron chi connectivity index (χ1n) is 6.83. The minimum Gasteiger partial charge on any atom is -0.356 e. The monoisotopic (exact) mass is 316 g/mol. The number of carbonyl (C=O) groups is 1. The third-order valence-corrected chi connectivity index (χ3v) is 5.01. The number of aromatic nitrogens is 1. The van der Waals surface area contributed by atoms with Crippen molar-refractivity contribution in [3.05, 3.63) is 10.0 Å². The summed E-state index contributed by atoms with van der Waals surface area (Å²) in [5.41, 5.74) is 0. The number of anilines is 1. The molecule has 0 spiro atoms. The van der Waals surface area contributed by atoms with Gasteiger partial charge in [-0.15, -0.1) is 0 Å². The second kappa shape index (κ2) is 6.74. The first-order valence-corrected chi connectivity index (χ1v) is 8.03. The minimum atomic E-state index is 0.106. The molecule has 2 heterocycles. The molecule has 1 N–H and O–H groups in total. The fourth-order valence-corrected chi connectivity index (χ4v) is 3.54. The van der Waals surface area contributed by atoms with E-state index in [2.05, 4.69) is 15.2 Å². The Morgan fingerprint density at radius 3 is 2.95 bits per heavy atom. The van der Waals surface area contributed by atoms with E-state index in [1.807, 2.05) is 25.9 Å². The SMILES string of the molecule is CCNC(=O)C1CCN(Cc2sc(N(C)C)nc2Cl)C1. The number of rotatable bonds is 5. The van der Waals surface area contributed by atoms with Gasteiger partial charge in [0.25, 0.3) is 0 Å². The summed E-state index contributed by atoms with van der Waals surface area (Å²) in [7, 11) is 3.92. The standard InChI is InChI=1S/C13H21ClN4OS/c1-4-15-12(19)9-5-6-18(7-9)8-10-11(14)16-13(20-10)17(2)3/h9H,4-8H2,1-3H3,(H,15,19). The van der Waals surface area contributed by atoms with Gasteiger partial charge in [-0.25, -0.2) is 4.98 Å². The number of nitrogens with one attached hydrogen (secondary N) is 1. The summed E-state index contributed by atoms with van der Waals surface area (Å²) in [6.07, 6.45) is 0.919. The van der Waals surface area contributed by atoms with Crippen molar-refractivity contribution < 1.29 is 4.79 Å². The summed E-state index contributed by atoms with van der Waals surface area (Å²) in [6.45, 7) is 5.16. The number of carbonyl (C=O) groups excluding carboxylic acids is 1. The largest absolute Gasteiger partial charge is 0.356 e. The van der Waals surface area contributed by atoms with E-state index in [0.717, 1.165) is 36.1 Å². The molecule has 1 saturated heterocycles. The van der Waals surface area contributed by atoms with E-state index in [0.29, 0.717) is 11.7 Å². The molecule has 1 aromatic heterocycles. The van der Waals surface area contributed by atoms with Crippen molar-refractivity contribution in [3.63, 3.8) is 0 Å². The third-order valence-electron chi connectivity index (χ3n) is 3.38. The van der Waals surface area contributed by atoms with E-state index in [1.165, 1.54) is 0 Å². The molecule has 1 aliphatic heterocycles. The average Bonchev–Trinajstić information content (AvgIpc) is 2.98. The van der Waals surface area contributed by atoms with Gasteiger partial charge in [-0.3, -0.25) is 9.69 Å². The van der Waals surface area contributed by atoms with Crippen LogP contribution >= 0.6 is 22.9 Å². The van der Waals surface area contributed by atoms with Crippen LogP contribution in [0.15, 0.2) is 0 Å². The zero-order chi connectivity index (χ0) is 14.7. The van der Waals surface area contributed by atoms with Gasteiger partial charge in [-0.2, -0.15) is 0 Å². The van der Waals surface area contributed by atoms with Gasteiger partial charge in [0.2, 0.25) is 5.91 Å². The van der Waals surface area contributed by atoms with Gasteiger partial charge in [0, 0.05) is 33.7 Å². The number of amides is 1. The van der Waals surface area contributed by atoms with Crippen LogP contribution in [-0.2, 0) is 11.3 Å². The molecule has 2 rings (SSSR count). The smallest absolute Gasteiger partial charge is 0.224 e. The Labute approximate surface area is 128 Å². The molecule has 1 atom stereocenters. The molecule has 1 aromatic rings. The van der Waals surface area contributed by atoms with E-state index in [1.54, 1.807) is 11.3 Å². The number of hydrogen-bond donors (Lipinski definition) is 1. The maximum Gasteiger partial charge on any atom is 0.224 e. The van der Waals surface area contributed by atoms with Crippen LogP contribution in [0, 0.1) is 5.92 Å². The molecule has 1 aliphatic rings. The topological polar surface area (TPSA) is 48.5 Å². The fourth-order valence-electron chi connectivity index (χ4n) is 2.32. The van der Waals surface area contributed by atoms with Crippen LogP contribution in [0.5, 0.6) is 0 Å². The zero-order valence-corrected chi connectivity index (χ0v) is 13.7. The molecule has 5 nitrogen and oxygen atoms in total. The molecule has 0 saturated carbocycles. The Kier molecular flexibility index (Phi) is 5.23. The lowest BCUT2D eigenvalue weighted by molar-refractivity contribution is -0.124. The molecule has 0 radical (unpaired) electrons. The van der Waals surface area contributed by atoms with E-state index >= 15 is 0 Å². The highest BCUT2D eigenvalue weighted by atomic mass is 35.5. The summed E-state index contributed by atoms with van der Waals surface area (Å²) in [6, 6.07) is 0. The Balaban J connectivity index is 1.93. The Morgan fingerprint density at radius 2 is 2.35 bits per heavy atom. The normalized spacial score (nSPS) is 19.3. The highest BCUT2D eigenvalue weighted by Crippen LogP contribution is 2.31. The molecular formula is C13H21ClN4OS. The van der Waals surface area contributed by atoms with Crippen LogP contribution in [0.2, 0.25) is 5.15 Å². The van der Waals surface area contributed by atoms with Gasteiger partial charge in [-0.05, 0) is 19.9 Å². The molecule has 112 valence electrons. The summed E-state index contributed by atoms with van der Waals surface area (Å²) in [5, 5.41) is 4.40. The van der Waals surface area contributed by atoms with Gasteiger partial charge in [0.1, 0.15) is 5.15 Å². The Hall–Kier alpha value is -0.850. The lowest BCUT2D eigenvalue weighted by Crippen LogP contribution is -2.32. The van der Waals surface area contributed by atoms with Crippen molar-refractivity contribution in [1.82, 2.24) is 15.2 Å². The summed E-state index contributed by atoms with van der Waals surface area (Å²) in [4.78, 5) is 21.5.